The van der Waals surface area contributed by atoms with Crippen molar-refractivity contribution in [2.24, 2.45) is 0 Å². The molecule has 0 unspecified atom stereocenters. The van der Waals surface area contributed by atoms with Gasteiger partial charge in [0.05, 0.1) is 18.4 Å². The molecule has 2 aromatic heterocycles. The lowest BCUT2D eigenvalue weighted by Gasteiger charge is -2.14. The summed E-state index contributed by atoms with van der Waals surface area (Å²) in [7, 11) is 0. The third-order valence-electron chi connectivity index (χ3n) is 4.35. The van der Waals surface area contributed by atoms with E-state index in [-0.39, 0.29) is 11.5 Å². The lowest BCUT2D eigenvalue weighted by molar-refractivity contribution is 0.101. The van der Waals surface area contributed by atoms with Gasteiger partial charge in [0.15, 0.2) is 0 Å². The zero-order valence-corrected chi connectivity index (χ0v) is 14.5. The van der Waals surface area contributed by atoms with Gasteiger partial charge < -0.3 is 5.32 Å². The second-order valence-corrected chi connectivity index (χ2v) is 6.19. The second kappa shape index (κ2) is 7.25. The lowest BCUT2D eigenvalue weighted by atomic mass is 10.1. The van der Waals surface area contributed by atoms with Gasteiger partial charge in [-0.25, -0.2) is 0 Å². The molecule has 0 saturated carbocycles. The molecule has 0 spiro atoms. The monoisotopic (exact) mass is 355 g/mol. The standard InChI is InChI=1S/C22H17N3O2/c26-21(24-18-10-6-12-23-14-18)20-13-17-9-4-5-11-19(17)22(27)25(20)15-16-7-2-1-3-8-16/h1-14H,15H2,(H,24,26). The summed E-state index contributed by atoms with van der Waals surface area (Å²) in [5.74, 6) is -0.346. The number of hydrogen-bond acceptors (Lipinski definition) is 3. The first-order valence-corrected chi connectivity index (χ1v) is 8.60. The fourth-order valence-electron chi connectivity index (χ4n) is 3.04. The van der Waals surface area contributed by atoms with Crippen molar-refractivity contribution in [2.45, 2.75) is 6.54 Å². The Hall–Kier alpha value is -3.73. The Kier molecular flexibility index (Phi) is 4.49. The SMILES string of the molecule is O=C(Nc1cccnc1)c1cc2ccccc2c(=O)n1Cc1ccccc1. The van der Waals surface area contributed by atoms with E-state index in [0.717, 1.165) is 10.9 Å². The van der Waals surface area contributed by atoms with Gasteiger partial charge in [-0.15, -0.1) is 0 Å². The number of amides is 1. The number of hydrogen-bond donors (Lipinski definition) is 1. The molecule has 0 radical (unpaired) electrons. The van der Waals surface area contributed by atoms with E-state index in [1.165, 1.54) is 4.57 Å². The number of nitrogens with one attached hydrogen (secondary N) is 1. The number of aromatic nitrogens is 2. The van der Waals surface area contributed by atoms with Crippen LogP contribution in [0.3, 0.4) is 0 Å². The third-order valence-corrected chi connectivity index (χ3v) is 4.35. The highest BCUT2D eigenvalue weighted by atomic mass is 16.2. The van der Waals surface area contributed by atoms with Crippen molar-refractivity contribution < 1.29 is 4.79 Å². The van der Waals surface area contributed by atoms with Crippen molar-refractivity contribution in [3.05, 3.63) is 107 Å². The summed E-state index contributed by atoms with van der Waals surface area (Å²) in [4.78, 5) is 30.0. The van der Waals surface area contributed by atoms with Crippen LogP contribution in [-0.4, -0.2) is 15.5 Å². The zero-order valence-electron chi connectivity index (χ0n) is 14.5. The smallest absolute Gasteiger partial charge is 0.272 e. The van der Waals surface area contributed by atoms with Crippen LogP contribution in [0, 0.1) is 0 Å². The Bertz CT molecular complexity index is 1150. The molecular formula is C22H17N3O2. The van der Waals surface area contributed by atoms with Gasteiger partial charge in [-0.1, -0.05) is 48.5 Å². The summed E-state index contributed by atoms with van der Waals surface area (Å²) >= 11 is 0. The van der Waals surface area contributed by atoms with E-state index in [4.69, 9.17) is 0 Å². The second-order valence-electron chi connectivity index (χ2n) is 6.19. The van der Waals surface area contributed by atoms with Crippen LogP contribution in [-0.2, 0) is 6.54 Å². The molecule has 4 aromatic rings. The number of carbonyl (C=O) groups is 1. The maximum absolute atomic E-state index is 13.1. The predicted molar refractivity (Wildman–Crippen MR) is 106 cm³/mol. The van der Waals surface area contributed by atoms with Crippen LogP contribution < -0.4 is 10.9 Å². The van der Waals surface area contributed by atoms with E-state index in [0.29, 0.717) is 23.3 Å². The van der Waals surface area contributed by atoms with Crippen LogP contribution in [0.25, 0.3) is 10.8 Å². The Labute approximate surface area is 155 Å². The van der Waals surface area contributed by atoms with Gasteiger partial charge >= 0.3 is 0 Å². The van der Waals surface area contributed by atoms with Gasteiger partial charge in [-0.3, -0.25) is 19.1 Å². The molecule has 0 aliphatic heterocycles. The third kappa shape index (κ3) is 3.48. The number of anilines is 1. The van der Waals surface area contributed by atoms with Gasteiger partial charge in [0.2, 0.25) is 0 Å². The predicted octanol–water partition coefficient (Wildman–Crippen LogP) is 3.70. The molecule has 1 amide bonds. The molecule has 0 fully saturated rings. The van der Waals surface area contributed by atoms with Gasteiger partial charge in [-0.2, -0.15) is 0 Å². The van der Waals surface area contributed by atoms with Gasteiger partial charge in [0.1, 0.15) is 5.69 Å². The van der Waals surface area contributed by atoms with Gasteiger partial charge in [0.25, 0.3) is 11.5 Å². The molecule has 0 bridgehead atoms. The number of carbonyl (C=O) groups excluding carboxylic acids is 1. The van der Waals surface area contributed by atoms with Crippen molar-refractivity contribution in [2.75, 3.05) is 5.32 Å². The van der Waals surface area contributed by atoms with E-state index in [1.54, 1.807) is 36.7 Å². The summed E-state index contributed by atoms with van der Waals surface area (Å²) in [5.41, 5.74) is 1.65. The molecule has 4 rings (SSSR count). The Balaban J connectivity index is 1.83. The molecule has 132 valence electrons. The van der Waals surface area contributed by atoms with Crippen LogP contribution in [0.15, 0.2) is 90.0 Å². The minimum Gasteiger partial charge on any atom is -0.319 e. The number of rotatable bonds is 4. The normalized spacial score (nSPS) is 10.7. The molecule has 5 nitrogen and oxygen atoms in total. The first-order chi connectivity index (χ1) is 13.2. The highest BCUT2D eigenvalue weighted by molar-refractivity contribution is 6.05. The van der Waals surface area contributed by atoms with Crippen LogP contribution in [0.5, 0.6) is 0 Å². The first-order valence-electron chi connectivity index (χ1n) is 8.60. The molecule has 0 aliphatic carbocycles. The van der Waals surface area contributed by atoms with E-state index >= 15 is 0 Å². The van der Waals surface area contributed by atoms with Crippen molar-refractivity contribution >= 4 is 22.4 Å². The van der Waals surface area contributed by atoms with E-state index in [1.807, 2.05) is 48.5 Å². The molecule has 2 heterocycles. The highest BCUT2D eigenvalue weighted by Gasteiger charge is 2.16. The quantitative estimate of drug-likeness (QED) is 0.607. The van der Waals surface area contributed by atoms with Crippen molar-refractivity contribution in [1.29, 1.82) is 0 Å². The molecule has 0 aliphatic rings. The maximum Gasteiger partial charge on any atom is 0.272 e. The van der Waals surface area contributed by atoms with E-state index in [2.05, 4.69) is 10.3 Å². The number of benzene rings is 2. The van der Waals surface area contributed by atoms with Crippen LogP contribution in [0.1, 0.15) is 16.1 Å². The molecule has 27 heavy (non-hydrogen) atoms. The van der Waals surface area contributed by atoms with Gasteiger partial charge in [-0.05, 0) is 35.2 Å². The van der Waals surface area contributed by atoms with Crippen LogP contribution >= 0.6 is 0 Å². The number of pyridine rings is 2. The summed E-state index contributed by atoms with van der Waals surface area (Å²) in [6, 6.07) is 22.2. The Morgan fingerprint density at radius 1 is 0.963 bits per heavy atom. The fraction of sp³-hybridized carbons (Fsp3) is 0.0455. The van der Waals surface area contributed by atoms with Crippen LogP contribution in [0.4, 0.5) is 5.69 Å². The summed E-state index contributed by atoms with van der Waals surface area (Å²) in [6.07, 6.45) is 3.20. The summed E-state index contributed by atoms with van der Waals surface area (Å²) < 4.78 is 1.52. The Morgan fingerprint density at radius 2 is 1.74 bits per heavy atom. The maximum atomic E-state index is 13.1. The molecule has 5 heteroatoms. The van der Waals surface area contributed by atoms with E-state index in [9.17, 15) is 9.59 Å². The number of nitrogens with zero attached hydrogens (tertiary/aromatic N) is 2. The summed E-state index contributed by atoms with van der Waals surface area (Å²) in [5, 5.41) is 4.14. The molecule has 0 atom stereocenters. The van der Waals surface area contributed by atoms with E-state index < -0.39 is 0 Å². The van der Waals surface area contributed by atoms with Crippen molar-refractivity contribution in [1.82, 2.24) is 9.55 Å². The first kappa shape index (κ1) is 16.7. The fourth-order valence-corrected chi connectivity index (χ4v) is 3.04. The minimum absolute atomic E-state index is 0.187. The van der Waals surface area contributed by atoms with Crippen molar-refractivity contribution in [3.8, 4) is 0 Å². The minimum atomic E-state index is -0.346. The van der Waals surface area contributed by atoms with Gasteiger partial charge in [0, 0.05) is 11.6 Å². The number of fused-ring (bicyclic) bond motifs is 1. The van der Waals surface area contributed by atoms with Crippen LogP contribution in [0.2, 0.25) is 0 Å². The lowest BCUT2D eigenvalue weighted by Crippen LogP contribution is -2.29. The zero-order chi connectivity index (χ0) is 18.6. The molecule has 2 aromatic carbocycles. The Morgan fingerprint density at radius 3 is 2.52 bits per heavy atom. The molecular weight excluding hydrogens is 338 g/mol. The summed E-state index contributed by atoms with van der Waals surface area (Å²) in [6.45, 7) is 0.320. The molecule has 1 N–H and O–H groups in total. The average molecular weight is 355 g/mol. The molecule has 0 saturated heterocycles. The largest absolute Gasteiger partial charge is 0.319 e. The van der Waals surface area contributed by atoms with Crippen molar-refractivity contribution in [3.63, 3.8) is 0 Å². The average Bonchev–Trinajstić information content (AvgIpc) is 2.71. The topological polar surface area (TPSA) is 64.0 Å². The highest BCUT2D eigenvalue weighted by Crippen LogP contribution is 2.15.